The van der Waals surface area contributed by atoms with Crippen LogP contribution in [0.4, 0.5) is 11.4 Å². The van der Waals surface area contributed by atoms with E-state index in [2.05, 4.69) is 66.4 Å². The van der Waals surface area contributed by atoms with E-state index in [9.17, 15) is 4.79 Å². The van der Waals surface area contributed by atoms with Crippen LogP contribution in [0.5, 0.6) is 0 Å². The first-order valence-electron chi connectivity index (χ1n) is 10.5. The molecule has 3 nitrogen and oxygen atoms in total. The highest BCUT2D eigenvalue weighted by molar-refractivity contribution is 7.99. The molecule has 2 heterocycles. The smallest absolute Gasteiger partial charge is 0.336 e. The second-order valence-electron chi connectivity index (χ2n) is 7.80. The van der Waals surface area contributed by atoms with E-state index in [1.165, 1.54) is 21.2 Å². The van der Waals surface area contributed by atoms with Crippen molar-refractivity contribution >= 4 is 46.3 Å². The Morgan fingerprint density at radius 3 is 2.65 bits per heavy atom. The number of nitrogens with zero attached hydrogens (tertiary/aromatic N) is 1. The van der Waals surface area contributed by atoms with E-state index < -0.39 is 0 Å². The lowest BCUT2D eigenvalue weighted by Gasteiger charge is -2.32. The van der Waals surface area contributed by atoms with Crippen molar-refractivity contribution in [3.05, 3.63) is 93.8 Å². The Bertz CT molecular complexity index is 1370. The van der Waals surface area contributed by atoms with Crippen LogP contribution in [0, 0.1) is 6.92 Å². The number of fused-ring (bicyclic) bond motifs is 3. The van der Waals surface area contributed by atoms with Crippen LogP contribution in [0.3, 0.4) is 0 Å². The highest BCUT2D eigenvalue weighted by atomic mass is 32.2. The number of hydrogen-bond acceptors (Lipinski definition) is 4. The average molecular weight is 426 g/mol. The standard InChI is InChI=1S/C27H23NO2S/c1-3-14-28-22-6-4-5-7-25(22)31-26-16-19(10-12-23(26)28)9-11-20-17-27(29)30-24-13-8-18(2)15-21(20)24/h4-13,15-17H,3,14H2,1-2H3/b11-9-. The summed E-state index contributed by atoms with van der Waals surface area (Å²) < 4.78 is 5.35. The van der Waals surface area contributed by atoms with Crippen molar-refractivity contribution in [1.29, 1.82) is 0 Å². The van der Waals surface area contributed by atoms with Gasteiger partial charge in [0.25, 0.3) is 0 Å². The van der Waals surface area contributed by atoms with E-state index in [0.717, 1.165) is 35.0 Å². The lowest BCUT2D eigenvalue weighted by atomic mass is 10.1. The van der Waals surface area contributed by atoms with Crippen LogP contribution < -0.4 is 10.5 Å². The molecule has 0 fully saturated rings. The molecular formula is C27H23NO2S. The zero-order chi connectivity index (χ0) is 21.4. The molecule has 0 atom stereocenters. The first-order valence-corrected chi connectivity index (χ1v) is 11.3. The molecule has 4 aromatic rings. The summed E-state index contributed by atoms with van der Waals surface area (Å²) >= 11 is 1.81. The molecule has 1 aromatic heterocycles. The van der Waals surface area contributed by atoms with Crippen LogP contribution in [-0.4, -0.2) is 6.54 Å². The topological polar surface area (TPSA) is 33.5 Å². The SMILES string of the molecule is CCCN1c2ccccc2Sc2cc(/C=C\c3cc(=O)oc4ccc(C)cc34)ccc21. The Morgan fingerprint density at radius 2 is 1.77 bits per heavy atom. The van der Waals surface area contributed by atoms with Gasteiger partial charge in [0.2, 0.25) is 0 Å². The summed E-state index contributed by atoms with van der Waals surface area (Å²) in [6, 6.07) is 22.6. The molecule has 5 rings (SSSR count). The van der Waals surface area contributed by atoms with Crippen LogP contribution in [0.2, 0.25) is 0 Å². The minimum Gasteiger partial charge on any atom is -0.423 e. The molecule has 0 bridgehead atoms. The molecule has 0 aliphatic carbocycles. The number of anilines is 2. The summed E-state index contributed by atoms with van der Waals surface area (Å²) in [7, 11) is 0. The minimum atomic E-state index is -0.330. The summed E-state index contributed by atoms with van der Waals surface area (Å²) in [5.41, 5.74) is 5.94. The molecule has 0 unspecified atom stereocenters. The summed E-state index contributed by atoms with van der Waals surface area (Å²) in [5.74, 6) is 0. The molecule has 0 spiro atoms. The van der Waals surface area contributed by atoms with Crippen molar-refractivity contribution < 1.29 is 4.42 Å². The summed E-state index contributed by atoms with van der Waals surface area (Å²) in [6.07, 6.45) is 5.16. The van der Waals surface area contributed by atoms with E-state index in [0.29, 0.717) is 5.58 Å². The fraction of sp³-hybridized carbons (Fsp3) is 0.148. The lowest BCUT2D eigenvalue weighted by Crippen LogP contribution is -2.21. The maximum atomic E-state index is 12.0. The Balaban J connectivity index is 1.53. The molecule has 0 amide bonds. The van der Waals surface area contributed by atoms with Gasteiger partial charge in [0.1, 0.15) is 5.58 Å². The molecule has 1 aliphatic heterocycles. The molecule has 0 radical (unpaired) electrons. The van der Waals surface area contributed by atoms with E-state index in [-0.39, 0.29) is 5.63 Å². The Hall–Kier alpha value is -3.24. The predicted octanol–water partition coefficient (Wildman–Crippen LogP) is 7.28. The van der Waals surface area contributed by atoms with Crippen molar-refractivity contribution in [2.45, 2.75) is 30.1 Å². The van der Waals surface area contributed by atoms with Gasteiger partial charge < -0.3 is 9.32 Å². The normalized spacial score (nSPS) is 12.9. The van der Waals surface area contributed by atoms with Gasteiger partial charge in [-0.3, -0.25) is 0 Å². The fourth-order valence-corrected chi connectivity index (χ4v) is 5.19. The lowest BCUT2D eigenvalue weighted by molar-refractivity contribution is 0.560. The van der Waals surface area contributed by atoms with Crippen LogP contribution >= 0.6 is 11.8 Å². The van der Waals surface area contributed by atoms with Crippen molar-refractivity contribution in [2.24, 2.45) is 0 Å². The molecule has 4 heteroatoms. The molecule has 1 aliphatic rings. The second-order valence-corrected chi connectivity index (χ2v) is 8.89. The maximum absolute atomic E-state index is 12.0. The van der Waals surface area contributed by atoms with Crippen molar-refractivity contribution in [3.63, 3.8) is 0 Å². The number of benzene rings is 3. The number of aryl methyl sites for hydroxylation is 1. The second kappa shape index (κ2) is 8.12. The van der Waals surface area contributed by atoms with Gasteiger partial charge in [0, 0.05) is 27.8 Å². The van der Waals surface area contributed by atoms with Crippen molar-refractivity contribution in [3.8, 4) is 0 Å². The summed E-state index contributed by atoms with van der Waals surface area (Å²) in [5, 5.41) is 0.950. The monoisotopic (exact) mass is 425 g/mol. The Labute approximate surface area is 186 Å². The largest absolute Gasteiger partial charge is 0.423 e. The summed E-state index contributed by atoms with van der Waals surface area (Å²) in [6.45, 7) is 5.24. The molecular weight excluding hydrogens is 402 g/mol. The molecule has 154 valence electrons. The molecule has 0 saturated carbocycles. The van der Waals surface area contributed by atoms with Crippen LogP contribution in [-0.2, 0) is 0 Å². The van der Waals surface area contributed by atoms with Crippen LogP contribution in [0.15, 0.2) is 85.7 Å². The zero-order valence-corrected chi connectivity index (χ0v) is 18.4. The van der Waals surface area contributed by atoms with E-state index in [1.54, 1.807) is 6.07 Å². The van der Waals surface area contributed by atoms with E-state index in [1.807, 2.05) is 36.9 Å². The Kier molecular flexibility index (Phi) is 5.16. The van der Waals surface area contributed by atoms with Gasteiger partial charge in [-0.2, -0.15) is 0 Å². The van der Waals surface area contributed by atoms with Gasteiger partial charge in [-0.1, -0.05) is 60.7 Å². The number of rotatable bonds is 4. The maximum Gasteiger partial charge on any atom is 0.336 e. The highest BCUT2D eigenvalue weighted by Crippen LogP contribution is 2.48. The van der Waals surface area contributed by atoms with Gasteiger partial charge in [-0.15, -0.1) is 0 Å². The predicted molar refractivity (Wildman–Crippen MR) is 130 cm³/mol. The molecule has 0 saturated heterocycles. The van der Waals surface area contributed by atoms with E-state index >= 15 is 0 Å². The molecule has 0 N–H and O–H groups in total. The van der Waals surface area contributed by atoms with Crippen LogP contribution in [0.25, 0.3) is 23.1 Å². The van der Waals surface area contributed by atoms with Gasteiger partial charge in [0.15, 0.2) is 0 Å². The third-order valence-corrected chi connectivity index (χ3v) is 6.60. The van der Waals surface area contributed by atoms with E-state index in [4.69, 9.17) is 4.42 Å². The first-order chi connectivity index (χ1) is 15.1. The minimum absolute atomic E-state index is 0.330. The third-order valence-electron chi connectivity index (χ3n) is 5.48. The summed E-state index contributed by atoms with van der Waals surface area (Å²) in [4.78, 5) is 16.9. The fourth-order valence-electron chi connectivity index (χ4n) is 4.04. The van der Waals surface area contributed by atoms with Crippen LogP contribution in [0.1, 0.15) is 30.0 Å². The molecule has 3 aromatic carbocycles. The molecule has 31 heavy (non-hydrogen) atoms. The van der Waals surface area contributed by atoms with Gasteiger partial charge >= 0.3 is 5.63 Å². The first kappa shape index (κ1) is 19.7. The highest BCUT2D eigenvalue weighted by Gasteiger charge is 2.22. The quantitative estimate of drug-likeness (QED) is 0.322. The third kappa shape index (κ3) is 3.79. The number of para-hydroxylation sites is 1. The Morgan fingerprint density at radius 1 is 0.935 bits per heavy atom. The number of hydrogen-bond donors (Lipinski definition) is 0. The van der Waals surface area contributed by atoms with Gasteiger partial charge in [0.05, 0.1) is 11.4 Å². The average Bonchev–Trinajstić information content (AvgIpc) is 2.77. The van der Waals surface area contributed by atoms with Gasteiger partial charge in [-0.25, -0.2) is 4.79 Å². The zero-order valence-electron chi connectivity index (χ0n) is 17.6. The van der Waals surface area contributed by atoms with Crippen molar-refractivity contribution in [2.75, 3.05) is 11.4 Å². The van der Waals surface area contributed by atoms with Gasteiger partial charge in [-0.05, 0) is 60.9 Å². The van der Waals surface area contributed by atoms with Crippen molar-refractivity contribution in [1.82, 2.24) is 0 Å².